The molecule has 0 aliphatic carbocycles. The van der Waals surface area contributed by atoms with Crippen molar-refractivity contribution in [3.05, 3.63) is 94.1 Å². The second kappa shape index (κ2) is 10.6. The van der Waals surface area contributed by atoms with Gasteiger partial charge in [-0.25, -0.2) is 0 Å². The van der Waals surface area contributed by atoms with Gasteiger partial charge in [-0.05, 0) is 67.8 Å². The third-order valence-corrected chi connectivity index (χ3v) is 4.02. The molecule has 6 nitrogen and oxygen atoms in total. The molecule has 28 heavy (non-hydrogen) atoms. The van der Waals surface area contributed by atoms with E-state index >= 15 is 0 Å². The third kappa shape index (κ3) is 6.32. The summed E-state index contributed by atoms with van der Waals surface area (Å²) < 4.78 is 5.06. The number of nitro benzene ring substituents is 1. The first-order valence-electron chi connectivity index (χ1n) is 8.81. The lowest BCUT2D eigenvalue weighted by molar-refractivity contribution is -0.384. The summed E-state index contributed by atoms with van der Waals surface area (Å²) in [6, 6.07) is 12.4. The van der Waals surface area contributed by atoms with E-state index in [2.05, 4.69) is 0 Å². The number of nitro groups is 1. The highest BCUT2D eigenvalue weighted by Crippen LogP contribution is 2.13. The first-order valence-corrected chi connectivity index (χ1v) is 8.81. The maximum Gasteiger partial charge on any atom is 0.269 e. The molecule has 0 bridgehead atoms. The molecule has 0 spiro atoms. The summed E-state index contributed by atoms with van der Waals surface area (Å²) >= 11 is 0. The van der Waals surface area contributed by atoms with E-state index in [0.29, 0.717) is 23.3 Å². The Labute approximate surface area is 163 Å². The minimum atomic E-state index is -0.503. The van der Waals surface area contributed by atoms with Gasteiger partial charge in [-0.3, -0.25) is 19.7 Å². The molecular weight excluding hydrogens is 358 g/mol. The Hall–Kier alpha value is -3.54. The van der Waals surface area contributed by atoms with Gasteiger partial charge in [0.25, 0.3) is 5.69 Å². The van der Waals surface area contributed by atoms with Crippen molar-refractivity contribution in [2.45, 2.75) is 19.3 Å². The number of hydrogen-bond donors (Lipinski definition) is 0. The van der Waals surface area contributed by atoms with Crippen molar-refractivity contribution in [2.75, 3.05) is 7.11 Å². The molecule has 0 aromatic heterocycles. The fourth-order valence-electron chi connectivity index (χ4n) is 2.43. The van der Waals surface area contributed by atoms with Crippen LogP contribution in [0.25, 0.3) is 0 Å². The zero-order valence-corrected chi connectivity index (χ0v) is 15.5. The molecular formula is C22H21NO5. The van der Waals surface area contributed by atoms with Crippen LogP contribution in [0.2, 0.25) is 0 Å². The van der Waals surface area contributed by atoms with Gasteiger partial charge in [0.15, 0.2) is 11.6 Å². The number of rotatable bonds is 10. The van der Waals surface area contributed by atoms with Gasteiger partial charge < -0.3 is 4.74 Å². The number of non-ortho nitro benzene ring substituents is 1. The maximum atomic E-state index is 12.0. The fraction of sp³-hybridized carbons (Fsp3) is 0.182. The monoisotopic (exact) mass is 379 g/mol. The number of benzene rings is 2. The van der Waals surface area contributed by atoms with Gasteiger partial charge in [-0.15, -0.1) is 0 Å². The molecule has 2 rings (SSSR count). The molecule has 0 atom stereocenters. The van der Waals surface area contributed by atoms with Crippen molar-refractivity contribution in [2.24, 2.45) is 0 Å². The fourth-order valence-corrected chi connectivity index (χ4v) is 2.43. The van der Waals surface area contributed by atoms with Crippen molar-refractivity contribution >= 4 is 17.3 Å². The number of ketones is 2. The van der Waals surface area contributed by atoms with Crippen LogP contribution in [0.1, 0.15) is 40.0 Å². The minimum Gasteiger partial charge on any atom is -0.497 e. The molecule has 144 valence electrons. The molecule has 2 aromatic carbocycles. The number of allylic oxidation sites excluding steroid dienone is 4. The van der Waals surface area contributed by atoms with Gasteiger partial charge in [-0.1, -0.05) is 12.2 Å². The summed E-state index contributed by atoms with van der Waals surface area (Å²) in [7, 11) is 1.57. The number of methoxy groups -OCH3 is 1. The van der Waals surface area contributed by atoms with Crippen LogP contribution in [0.15, 0.2) is 72.8 Å². The van der Waals surface area contributed by atoms with E-state index in [0.717, 1.165) is 12.8 Å². The average molecular weight is 379 g/mol. The summed E-state index contributed by atoms with van der Waals surface area (Å²) in [5, 5.41) is 10.6. The van der Waals surface area contributed by atoms with Crippen LogP contribution >= 0.6 is 0 Å². The highest BCUT2D eigenvalue weighted by molar-refractivity contribution is 6.05. The average Bonchev–Trinajstić information content (AvgIpc) is 2.72. The summed E-state index contributed by atoms with van der Waals surface area (Å²) in [5.41, 5.74) is 0.967. The predicted molar refractivity (Wildman–Crippen MR) is 107 cm³/mol. The van der Waals surface area contributed by atoms with Gasteiger partial charge in [0.1, 0.15) is 5.75 Å². The molecule has 0 amide bonds. The smallest absolute Gasteiger partial charge is 0.269 e. The lowest BCUT2D eigenvalue weighted by atomic mass is 10.1. The van der Waals surface area contributed by atoms with E-state index in [9.17, 15) is 19.7 Å². The van der Waals surface area contributed by atoms with Gasteiger partial charge in [-0.2, -0.15) is 0 Å². The molecule has 2 aromatic rings. The molecule has 0 aliphatic rings. The second-order valence-electron chi connectivity index (χ2n) is 6.00. The van der Waals surface area contributed by atoms with Gasteiger partial charge >= 0.3 is 0 Å². The molecule has 0 radical (unpaired) electrons. The first-order chi connectivity index (χ1) is 13.5. The SMILES string of the molecule is COc1ccc(C(=O)/C=C/CCC/C=C/C(=O)c2ccc([N+](=O)[O-])cc2)cc1. The Morgan fingerprint density at radius 2 is 1.36 bits per heavy atom. The van der Waals surface area contributed by atoms with Gasteiger partial charge in [0, 0.05) is 23.3 Å². The van der Waals surface area contributed by atoms with Gasteiger partial charge in [0.2, 0.25) is 0 Å². The van der Waals surface area contributed by atoms with Crippen LogP contribution in [0, 0.1) is 10.1 Å². The summed E-state index contributed by atoms with van der Waals surface area (Å²) in [4.78, 5) is 34.1. The molecule has 0 N–H and O–H groups in total. The largest absolute Gasteiger partial charge is 0.497 e. The molecule has 0 saturated heterocycles. The van der Waals surface area contributed by atoms with E-state index < -0.39 is 4.92 Å². The first kappa shape index (κ1) is 20.8. The molecule has 6 heteroatoms. The Morgan fingerprint density at radius 1 is 0.893 bits per heavy atom. The number of unbranched alkanes of at least 4 members (excludes halogenated alkanes) is 2. The highest BCUT2D eigenvalue weighted by atomic mass is 16.6. The van der Waals surface area contributed by atoms with Crippen LogP contribution in [0.5, 0.6) is 5.75 Å². The van der Waals surface area contributed by atoms with E-state index in [-0.39, 0.29) is 17.3 Å². The summed E-state index contributed by atoms with van der Waals surface area (Å²) in [6.07, 6.45) is 8.82. The zero-order chi connectivity index (χ0) is 20.4. The maximum absolute atomic E-state index is 12.0. The van der Waals surface area contributed by atoms with E-state index in [1.165, 1.54) is 30.3 Å². The van der Waals surface area contributed by atoms with Gasteiger partial charge in [0.05, 0.1) is 12.0 Å². The third-order valence-electron chi connectivity index (χ3n) is 4.02. The zero-order valence-electron chi connectivity index (χ0n) is 15.5. The molecule has 0 fully saturated rings. The van der Waals surface area contributed by atoms with Crippen molar-refractivity contribution in [3.8, 4) is 5.75 Å². The Morgan fingerprint density at radius 3 is 1.79 bits per heavy atom. The van der Waals surface area contributed by atoms with E-state index in [1.54, 1.807) is 43.5 Å². The van der Waals surface area contributed by atoms with Crippen LogP contribution in [-0.2, 0) is 0 Å². The van der Waals surface area contributed by atoms with E-state index in [4.69, 9.17) is 4.74 Å². The van der Waals surface area contributed by atoms with Crippen molar-refractivity contribution < 1.29 is 19.2 Å². The standard InChI is InChI=1S/C22H21NO5/c1-28-20-15-11-18(12-16-20)22(25)8-6-4-2-3-5-7-21(24)17-9-13-19(14-10-17)23(26)27/h5-16H,2-4H2,1H3/b7-5+,8-6+. The molecule has 0 heterocycles. The minimum absolute atomic E-state index is 0.0449. The van der Waals surface area contributed by atoms with Crippen LogP contribution in [-0.4, -0.2) is 23.6 Å². The Balaban J connectivity index is 1.72. The Kier molecular flexibility index (Phi) is 7.84. The van der Waals surface area contributed by atoms with Crippen LogP contribution in [0.3, 0.4) is 0 Å². The van der Waals surface area contributed by atoms with E-state index in [1.807, 2.05) is 6.08 Å². The van der Waals surface area contributed by atoms with Crippen molar-refractivity contribution in [3.63, 3.8) is 0 Å². The topological polar surface area (TPSA) is 86.5 Å². The van der Waals surface area contributed by atoms with Crippen LogP contribution < -0.4 is 4.74 Å². The van der Waals surface area contributed by atoms with Crippen molar-refractivity contribution in [1.29, 1.82) is 0 Å². The number of carbonyl (C=O) groups excluding carboxylic acids is 2. The number of carbonyl (C=O) groups is 2. The second-order valence-corrected chi connectivity index (χ2v) is 6.00. The molecule has 0 saturated carbocycles. The molecule has 0 unspecified atom stereocenters. The quantitative estimate of drug-likeness (QED) is 0.192. The predicted octanol–water partition coefficient (Wildman–Crippen LogP) is 4.95. The summed E-state index contributed by atoms with van der Waals surface area (Å²) in [6.45, 7) is 0. The Bertz CT molecular complexity index is 880. The lowest BCUT2D eigenvalue weighted by Gasteiger charge is -2.00. The lowest BCUT2D eigenvalue weighted by Crippen LogP contribution is -1.95. The number of hydrogen-bond acceptors (Lipinski definition) is 5. The number of nitrogens with zero attached hydrogens (tertiary/aromatic N) is 1. The molecule has 0 aliphatic heterocycles. The normalized spacial score (nSPS) is 11.0. The number of ether oxygens (including phenoxy) is 1. The summed E-state index contributed by atoms with van der Waals surface area (Å²) in [5.74, 6) is 0.447. The van der Waals surface area contributed by atoms with Crippen LogP contribution in [0.4, 0.5) is 5.69 Å². The highest BCUT2D eigenvalue weighted by Gasteiger charge is 2.07. The van der Waals surface area contributed by atoms with Crippen molar-refractivity contribution in [1.82, 2.24) is 0 Å².